The molecule has 0 N–H and O–H groups in total. The second-order valence-electron chi connectivity index (χ2n) is 8.64. The first-order valence-corrected chi connectivity index (χ1v) is 11.0. The van der Waals surface area contributed by atoms with Crippen LogP contribution < -0.4 is 5.56 Å². The van der Waals surface area contributed by atoms with Gasteiger partial charge in [0.1, 0.15) is 17.2 Å². The Balaban J connectivity index is 1.67. The molecule has 0 aliphatic rings. The van der Waals surface area contributed by atoms with Gasteiger partial charge in [-0.05, 0) is 65.1 Å². The standard InChI is InChI=1S/C26H30N4O3/c1-17-14-23(24(31)16-27(5)15-22-13-12-18(2)33-22)19(3)29(17)25-20(4)28(6)30(26(25)32)21-10-8-7-9-11-21/h7-14H,15-16H2,1-6H3. The summed E-state index contributed by atoms with van der Waals surface area (Å²) in [7, 11) is 3.77. The van der Waals surface area contributed by atoms with Crippen LogP contribution in [0.2, 0.25) is 0 Å². The topological polar surface area (TPSA) is 65.3 Å². The van der Waals surface area contributed by atoms with Crippen molar-refractivity contribution in [3.05, 3.63) is 93.1 Å². The lowest BCUT2D eigenvalue weighted by molar-refractivity contribution is 0.0939. The Bertz CT molecular complexity index is 1370. The first-order chi connectivity index (χ1) is 15.7. The lowest BCUT2D eigenvalue weighted by atomic mass is 10.1. The van der Waals surface area contributed by atoms with Crippen LogP contribution >= 0.6 is 0 Å². The molecule has 4 aromatic rings. The van der Waals surface area contributed by atoms with E-state index < -0.39 is 0 Å². The van der Waals surface area contributed by atoms with E-state index in [0.29, 0.717) is 17.8 Å². The number of likely N-dealkylation sites (N-methyl/N-ethyl adjacent to an activating group) is 1. The number of carbonyl (C=O) groups excluding carboxylic acids is 1. The minimum atomic E-state index is -0.118. The van der Waals surface area contributed by atoms with E-state index in [9.17, 15) is 9.59 Å². The number of aromatic nitrogens is 3. The molecule has 3 aromatic heterocycles. The van der Waals surface area contributed by atoms with Crippen LogP contribution in [0.15, 0.2) is 57.7 Å². The van der Waals surface area contributed by atoms with Crippen LogP contribution in [0, 0.1) is 27.7 Å². The van der Waals surface area contributed by atoms with Crippen molar-refractivity contribution in [1.29, 1.82) is 0 Å². The fraction of sp³-hybridized carbons (Fsp3) is 0.308. The SMILES string of the molecule is Cc1ccc(CN(C)CC(=O)c2cc(C)n(-c3c(C)n(C)n(-c4ccccc4)c3=O)c2C)o1. The van der Waals surface area contributed by atoms with E-state index in [-0.39, 0.29) is 17.9 Å². The van der Waals surface area contributed by atoms with Crippen molar-refractivity contribution in [3.63, 3.8) is 0 Å². The molecule has 4 rings (SSSR count). The molecule has 3 heterocycles. The van der Waals surface area contributed by atoms with Crippen LogP contribution in [0.3, 0.4) is 0 Å². The first kappa shape index (κ1) is 22.6. The zero-order chi connectivity index (χ0) is 23.9. The van der Waals surface area contributed by atoms with Crippen LogP contribution in [0.5, 0.6) is 0 Å². The number of rotatable bonds is 7. The Labute approximate surface area is 193 Å². The van der Waals surface area contributed by atoms with Gasteiger partial charge < -0.3 is 8.98 Å². The molecule has 0 aliphatic carbocycles. The van der Waals surface area contributed by atoms with Crippen molar-refractivity contribution in [2.75, 3.05) is 13.6 Å². The molecule has 33 heavy (non-hydrogen) atoms. The van der Waals surface area contributed by atoms with Crippen LogP contribution in [0.1, 0.15) is 39.0 Å². The minimum absolute atomic E-state index is 0.0112. The predicted molar refractivity (Wildman–Crippen MR) is 129 cm³/mol. The molecule has 0 amide bonds. The molecule has 172 valence electrons. The highest BCUT2D eigenvalue weighted by Crippen LogP contribution is 2.23. The average molecular weight is 447 g/mol. The molecule has 0 fully saturated rings. The third kappa shape index (κ3) is 4.12. The molecule has 0 bridgehead atoms. The molecule has 0 aliphatic heterocycles. The minimum Gasteiger partial charge on any atom is -0.465 e. The van der Waals surface area contributed by atoms with Crippen molar-refractivity contribution in [3.8, 4) is 11.4 Å². The fourth-order valence-corrected chi connectivity index (χ4v) is 4.42. The molecule has 0 saturated heterocycles. The number of aryl methyl sites for hydroxylation is 2. The fourth-order valence-electron chi connectivity index (χ4n) is 4.42. The van der Waals surface area contributed by atoms with Gasteiger partial charge in [0.2, 0.25) is 0 Å². The summed E-state index contributed by atoms with van der Waals surface area (Å²) in [6.07, 6.45) is 0. The van der Waals surface area contributed by atoms with E-state index in [1.807, 2.05) is 104 Å². The summed E-state index contributed by atoms with van der Waals surface area (Å²) in [5.41, 5.74) is 4.32. The van der Waals surface area contributed by atoms with Gasteiger partial charge in [0, 0.05) is 24.0 Å². The Morgan fingerprint density at radius 2 is 1.70 bits per heavy atom. The number of benzene rings is 1. The van der Waals surface area contributed by atoms with Gasteiger partial charge in [-0.1, -0.05) is 18.2 Å². The number of hydrogen-bond donors (Lipinski definition) is 0. The Morgan fingerprint density at radius 1 is 1.00 bits per heavy atom. The second kappa shape index (κ2) is 8.75. The van der Waals surface area contributed by atoms with Crippen LogP contribution in [0.4, 0.5) is 0 Å². The number of nitrogens with zero attached hydrogens (tertiary/aromatic N) is 4. The van der Waals surface area contributed by atoms with E-state index >= 15 is 0 Å². The van der Waals surface area contributed by atoms with Gasteiger partial charge in [-0.3, -0.25) is 19.2 Å². The number of furan rings is 1. The quantitative estimate of drug-likeness (QED) is 0.401. The molecular formula is C26H30N4O3. The van der Waals surface area contributed by atoms with Crippen molar-refractivity contribution >= 4 is 5.78 Å². The molecule has 1 aromatic carbocycles. The molecule has 0 saturated carbocycles. The largest absolute Gasteiger partial charge is 0.465 e. The highest BCUT2D eigenvalue weighted by molar-refractivity contribution is 5.99. The Hall–Kier alpha value is -3.58. The van der Waals surface area contributed by atoms with Crippen molar-refractivity contribution in [1.82, 2.24) is 18.8 Å². The average Bonchev–Trinajstić information content (AvgIpc) is 3.37. The summed E-state index contributed by atoms with van der Waals surface area (Å²) >= 11 is 0. The maximum Gasteiger partial charge on any atom is 0.295 e. The van der Waals surface area contributed by atoms with Crippen LogP contribution in [0.25, 0.3) is 11.4 Å². The van der Waals surface area contributed by atoms with E-state index in [0.717, 1.165) is 34.3 Å². The number of ketones is 1. The van der Waals surface area contributed by atoms with Crippen molar-refractivity contribution < 1.29 is 9.21 Å². The number of para-hydroxylation sites is 1. The summed E-state index contributed by atoms with van der Waals surface area (Å²) in [6, 6.07) is 15.3. The Morgan fingerprint density at radius 3 is 2.33 bits per heavy atom. The summed E-state index contributed by atoms with van der Waals surface area (Å²) in [5.74, 6) is 1.69. The summed E-state index contributed by atoms with van der Waals surface area (Å²) < 4.78 is 11.0. The van der Waals surface area contributed by atoms with Crippen LogP contribution in [-0.4, -0.2) is 38.2 Å². The van der Waals surface area contributed by atoms with E-state index in [1.165, 1.54) is 0 Å². The number of carbonyl (C=O) groups is 1. The molecule has 0 radical (unpaired) electrons. The number of hydrogen-bond acceptors (Lipinski definition) is 4. The lowest BCUT2D eigenvalue weighted by Gasteiger charge is -2.14. The molecule has 0 unspecified atom stereocenters. The third-order valence-corrected chi connectivity index (χ3v) is 6.11. The molecular weight excluding hydrogens is 416 g/mol. The highest BCUT2D eigenvalue weighted by Gasteiger charge is 2.24. The second-order valence-corrected chi connectivity index (χ2v) is 8.64. The van der Waals surface area contributed by atoms with Gasteiger partial charge in [0.25, 0.3) is 5.56 Å². The normalized spacial score (nSPS) is 11.5. The summed E-state index contributed by atoms with van der Waals surface area (Å²) in [4.78, 5) is 28.6. The maximum atomic E-state index is 13.5. The van der Waals surface area contributed by atoms with Gasteiger partial charge in [0.15, 0.2) is 5.78 Å². The highest BCUT2D eigenvalue weighted by atomic mass is 16.3. The summed E-state index contributed by atoms with van der Waals surface area (Å²) in [5, 5.41) is 0. The summed E-state index contributed by atoms with van der Waals surface area (Å²) in [6.45, 7) is 8.47. The molecule has 0 atom stereocenters. The number of Topliss-reactive ketones (excluding diaryl/α,β-unsaturated/α-hetero) is 1. The zero-order valence-electron chi connectivity index (χ0n) is 20.0. The van der Waals surface area contributed by atoms with Crippen LogP contribution in [-0.2, 0) is 13.6 Å². The van der Waals surface area contributed by atoms with Gasteiger partial charge in [-0.15, -0.1) is 0 Å². The van der Waals surface area contributed by atoms with E-state index in [1.54, 1.807) is 4.68 Å². The monoisotopic (exact) mass is 446 g/mol. The maximum absolute atomic E-state index is 13.5. The van der Waals surface area contributed by atoms with Crippen molar-refractivity contribution in [2.24, 2.45) is 7.05 Å². The zero-order valence-corrected chi connectivity index (χ0v) is 20.0. The van der Waals surface area contributed by atoms with E-state index in [4.69, 9.17) is 4.42 Å². The lowest BCUT2D eigenvalue weighted by Crippen LogP contribution is -2.26. The molecule has 7 nitrogen and oxygen atoms in total. The smallest absolute Gasteiger partial charge is 0.295 e. The predicted octanol–water partition coefficient (Wildman–Crippen LogP) is 4.11. The third-order valence-electron chi connectivity index (χ3n) is 6.11. The van der Waals surface area contributed by atoms with Gasteiger partial charge in [0.05, 0.1) is 24.5 Å². The van der Waals surface area contributed by atoms with Gasteiger partial charge in [-0.2, -0.15) is 0 Å². The van der Waals surface area contributed by atoms with E-state index in [2.05, 4.69) is 0 Å². The van der Waals surface area contributed by atoms with Gasteiger partial charge >= 0.3 is 0 Å². The van der Waals surface area contributed by atoms with Crippen molar-refractivity contribution in [2.45, 2.75) is 34.2 Å². The van der Waals surface area contributed by atoms with Gasteiger partial charge in [-0.25, -0.2) is 4.68 Å². The first-order valence-electron chi connectivity index (χ1n) is 11.0. The Kier molecular flexibility index (Phi) is 5.99. The molecule has 0 spiro atoms. The molecule has 7 heteroatoms.